The van der Waals surface area contributed by atoms with E-state index in [-0.39, 0.29) is 22.6 Å². The number of phenolic OH excluding ortho intramolecular Hbond substituents is 2. The standard InChI is InChI=1S/C23H19N3O4/c1-14-7-9-17(12-20(14)28)24-22(29)19-11-15-8-10-18(27)13-21(15)30-23(19)26-25-16-5-3-2-4-6-16/h2-13,25,27-28H,1H3,(H,24,29)/b26-23-. The van der Waals surface area contributed by atoms with E-state index in [1.165, 1.54) is 18.2 Å². The number of aromatic hydroxyl groups is 2. The fourth-order valence-corrected chi connectivity index (χ4v) is 2.87. The summed E-state index contributed by atoms with van der Waals surface area (Å²) in [7, 11) is 0. The van der Waals surface area contributed by atoms with E-state index in [1.54, 1.807) is 31.2 Å². The van der Waals surface area contributed by atoms with Gasteiger partial charge in [-0.2, -0.15) is 0 Å². The third-order valence-corrected chi connectivity index (χ3v) is 4.51. The first-order valence-corrected chi connectivity index (χ1v) is 9.22. The van der Waals surface area contributed by atoms with Gasteiger partial charge >= 0.3 is 0 Å². The Balaban J connectivity index is 1.76. The number of hydrogen-bond donors (Lipinski definition) is 4. The molecular weight excluding hydrogens is 382 g/mol. The molecule has 0 unspecified atom stereocenters. The molecule has 0 radical (unpaired) electrons. The molecule has 0 fully saturated rings. The summed E-state index contributed by atoms with van der Waals surface area (Å²) in [5.74, 6) is -0.326. The first-order valence-electron chi connectivity index (χ1n) is 9.22. The number of anilines is 2. The van der Waals surface area contributed by atoms with Crippen molar-refractivity contribution in [2.24, 2.45) is 5.10 Å². The Kier molecular flexibility index (Phi) is 5.09. The van der Waals surface area contributed by atoms with E-state index < -0.39 is 5.91 Å². The predicted molar refractivity (Wildman–Crippen MR) is 114 cm³/mol. The van der Waals surface area contributed by atoms with Crippen LogP contribution in [-0.2, 0) is 0 Å². The average molecular weight is 401 g/mol. The number of fused-ring (bicyclic) bond motifs is 1. The summed E-state index contributed by atoms with van der Waals surface area (Å²) in [5.41, 5.74) is 5.35. The zero-order valence-electron chi connectivity index (χ0n) is 16.1. The normalized spacial score (nSPS) is 11.4. The van der Waals surface area contributed by atoms with Crippen molar-refractivity contribution in [3.63, 3.8) is 0 Å². The summed E-state index contributed by atoms with van der Waals surface area (Å²) in [5, 5.41) is 27.3. The molecule has 4 aromatic rings. The van der Waals surface area contributed by atoms with Crippen LogP contribution in [-0.4, -0.2) is 16.1 Å². The third kappa shape index (κ3) is 4.10. The number of hydrogen-bond acceptors (Lipinski definition) is 6. The van der Waals surface area contributed by atoms with Crippen LogP contribution in [0.5, 0.6) is 11.5 Å². The lowest BCUT2D eigenvalue weighted by Crippen LogP contribution is -2.22. The van der Waals surface area contributed by atoms with Gasteiger partial charge in [0.2, 0.25) is 5.55 Å². The molecule has 4 N–H and O–H groups in total. The summed E-state index contributed by atoms with van der Waals surface area (Å²) < 4.78 is 5.80. The Hall–Kier alpha value is -4.26. The Morgan fingerprint density at radius 2 is 1.73 bits per heavy atom. The number of phenols is 2. The van der Waals surface area contributed by atoms with Crippen molar-refractivity contribution >= 4 is 28.3 Å². The van der Waals surface area contributed by atoms with E-state index in [4.69, 9.17) is 4.42 Å². The Bertz CT molecular complexity index is 1300. The molecule has 7 nitrogen and oxygen atoms in total. The Morgan fingerprint density at radius 1 is 0.933 bits per heavy atom. The molecule has 0 spiro atoms. The molecule has 1 amide bonds. The first-order chi connectivity index (χ1) is 14.5. The molecule has 4 rings (SSSR count). The zero-order chi connectivity index (χ0) is 21.1. The SMILES string of the molecule is Cc1ccc(NC(=O)c2cc3ccc(O)cc3o/c2=N\Nc2ccccc2)cc1O. The monoisotopic (exact) mass is 401 g/mol. The minimum atomic E-state index is -0.453. The number of para-hydroxylation sites is 1. The molecular formula is C23H19N3O4. The summed E-state index contributed by atoms with van der Waals surface area (Å²) in [6, 6.07) is 20.4. The van der Waals surface area contributed by atoms with Gasteiger partial charge in [0.1, 0.15) is 22.6 Å². The second-order valence-corrected chi connectivity index (χ2v) is 6.73. The van der Waals surface area contributed by atoms with Crippen molar-refractivity contribution in [2.75, 3.05) is 10.7 Å². The van der Waals surface area contributed by atoms with Gasteiger partial charge in [-0.15, -0.1) is 5.10 Å². The average Bonchev–Trinajstić information content (AvgIpc) is 2.75. The maximum Gasteiger partial charge on any atom is 0.261 e. The van der Waals surface area contributed by atoms with Crippen LogP contribution in [0.4, 0.5) is 11.4 Å². The highest BCUT2D eigenvalue weighted by atomic mass is 16.3. The van der Waals surface area contributed by atoms with Crippen molar-refractivity contribution in [2.45, 2.75) is 6.92 Å². The number of carbonyl (C=O) groups excluding carboxylic acids is 1. The largest absolute Gasteiger partial charge is 0.508 e. The lowest BCUT2D eigenvalue weighted by atomic mass is 10.1. The summed E-state index contributed by atoms with van der Waals surface area (Å²) >= 11 is 0. The van der Waals surface area contributed by atoms with Gasteiger partial charge in [0.05, 0.1) is 5.69 Å². The molecule has 0 aliphatic carbocycles. The van der Waals surface area contributed by atoms with Crippen LogP contribution < -0.4 is 16.3 Å². The maximum atomic E-state index is 13.0. The number of rotatable bonds is 4. The molecule has 0 aliphatic rings. The van der Waals surface area contributed by atoms with Gasteiger partial charge in [-0.1, -0.05) is 24.3 Å². The fraction of sp³-hybridized carbons (Fsp3) is 0.0435. The highest BCUT2D eigenvalue weighted by Gasteiger charge is 2.14. The van der Waals surface area contributed by atoms with Gasteiger partial charge in [-0.05, 0) is 48.9 Å². The van der Waals surface area contributed by atoms with E-state index >= 15 is 0 Å². The highest BCUT2D eigenvalue weighted by molar-refractivity contribution is 6.05. The molecule has 7 heteroatoms. The Labute approximate surface area is 171 Å². The number of nitrogens with zero attached hydrogens (tertiary/aromatic N) is 1. The van der Waals surface area contributed by atoms with Gasteiger partial charge in [0.25, 0.3) is 5.91 Å². The third-order valence-electron chi connectivity index (χ3n) is 4.51. The highest BCUT2D eigenvalue weighted by Crippen LogP contribution is 2.22. The maximum absolute atomic E-state index is 13.0. The van der Waals surface area contributed by atoms with Crippen molar-refractivity contribution in [1.82, 2.24) is 0 Å². The molecule has 150 valence electrons. The van der Waals surface area contributed by atoms with E-state index in [0.717, 1.165) is 5.69 Å². The minimum Gasteiger partial charge on any atom is -0.508 e. The van der Waals surface area contributed by atoms with E-state index in [0.29, 0.717) is 22.2 Å². The molecule has 0 atom stereocenters. The van der Waals surface area contributed by atoms with E-state index in [1.807, 2.05) is 30.3 Å². The van der Waals surface area contributed by atoms with Crippen LogP contribution in [0.2, 0.25) is 0 Å². The quantitative estimate of drug-likeness (QED) is 0.381. The van der Waals surface area contributed by atoms with Crippen LogP contribution in [0, 0.1) is 6.92 Å². The Morgan fingerprint density at radius 3 is 2.50 bits per heavy atom. The molecule has 0 aliphatic heterocycles. The number of amides is 1. The van der Waals surface area contributed by atoms with E-state index in [2.05, 4.69) is 15.8 Å². The van der Waals surface area contributed by atoms with Crippen LogP contribution in [0.3, 0.4) is 0 Å². The summed E-state index contributed by atoms with van der Waals surface area (Å²) in [6.45, 7) is 1.77. The number of carbonyl (C=O) groups is 1. The van der Waals surface area contributed by atoms with Crippen LogP contribution in [0.15, 0.2) is 82.3 Å². The lowest BCUT2D eigenvalue weighted by Gasteiger charge is -2.08. The van der Waals surface area contributed by atoms with Crippen LogP contribution >= 0.6 is 0 Å². The summed E-state index contributed by atoms with van der Waals surface area (Å²) in [4.78, 5) is 13.0. The lowest BCUT2D eigenvalue weighted by molar-refractivity contribution is 0.102. The van der Waals surface area contributed by atoms with Crippen LogP contribution in [0.1, 0.15) is 15.9 Å². The van der Waals surface area contributed by atoms with Crippen LogP contribution in [0.25, 0.3) is 11.0 Å². The molecule has 1 aromatic heterocycles. The molecule has 1 heterocycles. The second kappa shape index (κ2) is 8.00. The predicted octanol–water partition coefficient (Wildman–Crippen LogP) is 4.33. The van der Waals surface area contributed by atoms with Crippen molar-refractivity contribution in [1.29, 1.82) is 0 Å². The molecule has 3 aromatic carbocycles. The number of benzene rings is 3. The molecule has 0 saturated heterocycles. The van der Waals surface area contributed by atoms with Gasteiger partial charge in [-0.3, -0.25) is 10.2 Å². The van der Waals surface area contributed by atoms with Gasteiger partial charge in [0, 0.05) is 23.2 Å². The van der Waals surface area contributed by atoms with Crippen molar-refractivity contribution in [3.8, 4) is 11.5 Å². The van der Waals surface area contributed by atoms with E-state index in [9.17, 15) is 15.0 Å². The first kappa shape index (κ1) is 19.1. The molecule has 0 saturated carbocycles. The fourth-order valence-electron chi connectivity index (χ4n) is 2.87. The smallest absolute Gasteiger partial charge is 0.261 e. The molecule has 30 heavy (non-hydrogen) atoms. The van der Waals surface area contributed by atoms with Gasteiger partial charge < -0.3 is 19.9 Å². The topological polar surface area (TPSA) is 107 Å². The summed E-state index contributed by atoms with van der Waals surface area (Å²) in [6.07, 6.45) is 0. The number of aryl methyl sites for hydroxylation is 1. The van der Waals surface area contributed by atoms with Crippen molar-refractivity contribution < 1.29 is 19.4 Å². The second-order valence-electron chi connectivity index (χ2n) is 6.73. The minimum absolute atomic E-state index is 0.0422. The van der Waals surface area contributed by atoms with Gasteiger partial charge in [0.15, 0.2) is 0 Å². The molecule has 0 bridgehead atoms. The zero-order valence-corrected chi connectivity index (χ0v) is 16.1. The van der Waals surface area contributed by atoms with Crippen molar-refractivity contribution in [3.05, 3.63) is 89.5 Å². The number of nitrogens with one attached hydrogen (secondary N) is 2. The van der Waals surface area contributed by atoms with Gasteiger partial charge in [-0.25, -0.2) is 0 Å².